The van der Waals surface area contributed by atoms with Crippen LogP contribution in [0.5, 0.6) is 0 Å². The minimum absolute atomic E-state index is 0.0751. The monoisotopic (exact) mass is 1100 g/mol. The molecule has 0 saturated heterocycles. The van der Waals surface area contributed by atoms with E-state index in [0.29, 0.717) is 19.3 Å². The van der Waals surface area contributed by atoms with Crippen molar-refractivity contribution in [3.05, 3.63) is 72.9 Å². The summed E-state index contributed by atoms with van der Waals surface area (Å²) in [7, 11) is 0. The van der Waals surface area contributed by atoms with Gasteiger partial charge < -0.3 is 14.2 Å². The van der Waals surface area contributed by atoms with E-state index in [2.05, 4.69) is 93.7 Å². The Kier molecular flexibility index (Phi) is 64.7. The Morgan fingerprint density at radius 1 is 0.266 bits per heavy atom. The van der Waals surface area contributed by atoms with Gasteiger partial charge in [-0.1, -0.05) is 318 Å². The van der Waals surface area contributed by atoms with Crippen molar-refractivity contribution in [2.45, 2.75) is 361 Å². The van der Waals surface area contributed by atoms with Gasteiger partial charge in [-0.2, -0.15) is 0 Å². The number of hydrogen-bond acceptors (Lipinski definition) is 6. The molecule has 0 aromatic rings. The first-order valence-corrected chi connectivity index (χ1v) is 34.4. The lowest BCUT2D eigenvalue weighted by molar-refractivity contribution is -0.167. The van der Waals surface area contributed by atoms with Gasteiger partial charge in [0.1, 0.15) is 13.2 Å². The van der Waals surface area contributed by atoms with E-state index in [4.69, 9.17) is 14.2 Å². The Morgan fingerprint density at radius 3 is 0.797 bits per heavy atom. The summed E-state index contributed by atoms with van der Waals surface area (Å²) in [6.45, 7) is 6.55. The van der Waals surface area contributed by atoms with Crippen LogP contribution in [0.1, 0.15) is 355 Å². The van der Waals surface area contributed by atoms with Crippen LogP contribution in [0.3, 0.4) is 0 Å². The summed E-state index contributed by atoms with van der Waals surface area (Å²) in [4.78, 5) is 38.4. The SMILES string of the molecule is CC/C=C\C/C=C\C/C=C\C/C=C\CCCCCCCCCCCCCCC(=O)OCC(COC(=O)CCCCCCCCC/C=C\C/C=C\CCCCC)OC(=O)CCCCCCCCCCCCCCCCCCCCC. The fourth-order valence-electron chi connectivity index (χ4n) is 10.1. The second-order valence-electron chi connectivity index (χ2n) is 23.1. The molecule has 0 fully saturated rings. The smallest absolute Gasteiger partial charge is 0.306 e. The minimum Gasteiger partial charge on any atom is -0.462 e. The predicted octanol–water partition coefficient (Wildman–Crippen LogP) is 23.7. The molecule has 6 nitrogen and oxygen atoms in total. The van der Waals surface area contributed by atoms with Crippen molar-refractivity contribution in [1.82, 2.24) is 0 Å². The highest BCUT2D eigenvalue weighted by Gasteiger charge is 2.19. The Bertz CT molecular complexity index is 1450. The normalized spacial score (nSPS) is 12.5. The maximum Gasteiger partial charge on any atom is 0.306 e. The zero-order chi connectivity index (χ0) is 57.1. The van der Waals surface area contributed by atoms with Gasteiger partial charge in [-0.3, -0.25) is 14.4 Å². The third-order valence-corrected chi connectivity index (χ3v) is 15.2. The highest BCUT2D eigenvalue weighted by molar-refractivity contribution is 5.71. The molecule has 0 spiro atoms. The molecule has 0 amide bonds. The molecular weight excluding hydrogens is 973 g/mol. The largest absolute Gasteiger partial charge is 0.462 e. The van der Waals surface area contributed by atoms with Crippen molar-refractivity contribution in [3.8, 4) is 0 Å². The molecule has 458 valence electrons. The van der Waals surface area contributed by atoms with Crippen LogP contribution < -0.4 is 0 Å². The molecule has 0 bridgehead atoms. The second kappa shape index (κ2) is 67.4. The Labute approximate surface area is 491 Å². The van der Waals surface area contributed by atoms with E-state index in [-0.39, 0.29) is 31.1 Å². The summed E-state index contributed by atoms with van der Waals surface area (Å²) in [5.74, 6) is -0.862. The van der Waals surface area contributed by atoms with E-state index in [1.165, 1.54) is 218 Å². The number of allylic oxidation sites excluding steroid dienone is 12. The standard InChI is InChI=1S/C73H130O6/c1-4-7-10-13-16-19-22-25-28-31-33-34-35-36-37-38-40-42-45-48-51-54-57-60-63-66-72(75)78-69-70(68-77-71(74)65-62-59-56-53-50-47-44-41-30-27-24-21-18-15-12-9-6-3)79-73(76)67-64-61-58-55-52-49-46-43-39-32-29-26-23-20-17-14-11-8-5-2/h7,10,16,18-19,21,25,27-28,30,33-34,70H,4-6,8-9,11-15,17,20,22-24,26,29,31-32,35-69H2,1-3H3/b10-7-,19-16-,21-18-,28-25-,30-27-,34-33-. The third kappa shape index (κ3) is 65.5. The lowest BCUT2D eigenvalue weighted by Gasteiger charge is -2.18. The molecule has 1 unspecified atom stereocenters. The van der Waals surface area contributed by atoms with E-state index in [0.717, 1.165) is 96.3 Å². The van der Waals surface area contributed by atoms with Crippen LogP contribution in [0.2, 0.25) is 0 Å². The number of esters is 3. The highest BCUT2D eigenvalue weighted by Crippen LogP contribution is 2.18. The molecule has 0 radical (unpaired) electrons. The molecule has 0 aliphatic heterocycles. The van der Waals surface area contributed by atoms with Crippen LogP contribution in [0, 0.1) is 0 Å². The summed E-state index contributed by atoms with van der Waals surface area (Å²) in [5.41, 5.74) is 0. The van der Waals surface area contributed by atoms with Crippen molar-refractivity contribution < 1.29 is 28.6 Å². The zero-order valence-electron chi connectivity index (χ0n) is 52.6. The van der Waals surface area contributed by atoms with Crippen LogP contribution in [-0.2, 0) is 28.6 Å². The number of unbranched alkanes of at least 4 members (excludes halogenated alkanes) is 40. The summed E-state index contributed by atoms with van der Waals surface area (Å²) < 4.78 is 17.0. The van der Waals surface area contributed by atoms with Gasteiger partial charge in [0.25, 0.3) is 0 Å². The van der Waals surface area contributed by atoms with Gasteiger partial charge in [0.15, 0.2) is 6.10 Å². The summed E-state index contributed by atoms with van der Waals surface area (Å²) in [6, 6.07) is 0. The van der Waals surface area contributed by atoms with Crippen LogP contribution in [-0.4, -0.2) is 37.2 Å². The minimum atomic E-state index is -0.779. The van der Waals surface area contributed by atoms with Crippen LogP contribution in [0.15, 0.2) is 72.9 Å². The predicted molar refractivity (Wildman–Crippen MR) is 344 cm³/mol. The van der Waals surface area contributed by atoms with E-state index in [9.17, 15) is 14.4 Å². The molecule has 0 aliphatic carbocycles. The number of carbonyl (C=O) groups excluding carboxylic acids is 3. The molecule has 6 heteroatoms. The molecule has 0 heterocycles. The van der Waals surface area contributed by atoms with Crippen molar-refractivity contribution in [2.75, 3.05) is 13.2 Å². The molecule has 1 atom stereocenters. The Hall–Kier alpha value is -3.15. The number of ether oxygens (including phenoxy) is 3. The van der Waals surface area contributed by atoms with Gasteiger partial charge in [-0.25, -0.2) is 0 Å². The second-order valence-corrected chi connectivity index (χ2v) is 23.1. The van der Waals surface area contributed by atoms with Crippen LogP contribution in [0.4, 0.5) is 0 Å². The number of rotatable bonds is 63. The molecule has 0 aliphatic rings. The van der Waals surface area contributed by atoms with Crippen molar-refractivity contribution >= 4 is 17.9 Å². The number of carbonyl (C=O) groups is 3. The topological polar surface area (TPSA) is 78.9 Å². The van der Waals surface area contributed by atoms with Gasteiger partial charge in [-0.05, 0) is 89.9 Å². The van der Waals surface area contributed by atoms with Crippen molar-refractivity contribution in [1.29, 1.82) is 0 Å². The van der Waals surface area contributed by atoms with Gasteiger partial charge in [0, 0.05) is 19.3 Å². The lowest BCUT2D eigenvalue weighted by atomic mass is 10.0. The maximum absolute atomic E-state index is 13.0. The van der Waals surface area contributed by atoms with Gasteiger partial charge in [0.2, 0.25) is 0 Å². The first kappa shape index (κ1) is 75.8. The fourth-order valence-corrected chi connectivity index (χ4v) is 10.1. The first-order valence-electron chi connectivity index (χ1n) is 34.4. The molecule has 0 aromatic carbocycles. The Balaban J connectivity index is 4.32. The third-order valence-electron chi connectivity index (χ3n) is 15.2. The average molecular weight is 1100 g/mol. The fraction of sp³-hybridized carbons (Fsp3) is 0.795. The summed E-state index contributed by atoms with van der Waals surface area (Å²) in [6.07, 6.45) is 87.7. The van der Waals surface area contributed by atoms with Crippen molar-refractivity contribution in [2.24, 2.45) is 0 Å². The van der Waals surface area contributed by atoms with Gasteiger partial charge in [-0.15, -0.1) is 0 Å². The number of hydrogen-bond donors (Lipinski definition) is 0. The van der Waals surface area contributed by atoms with E-state index >= 15 is 0 Å². The van der Waals surface area contributed by atoms with E-state index in [1.807, 2.05) is 0 Å². The first-order chi connectivity index (χ1) is 39.0. The van der Waals surface area contributed by atoms with Gasteiger partial charge >= 0.3 is 17.9 Å². The average Bonchev–Trinajstić information content (AvgIpc) is 3.45. The van der Waals surface area contributed by atoms with Gasteiger partial charge in [0.05, 0.1) is 0 Å². The van der Waals surface area contributed by atoms with Crippen molar-refractivity contribution in [3.63, 3.8) is 0 Å². The molecule has 0 N–H and O–H groups in total. The zero-order valence-corrected chi connectivity index (χ0v) is 52.6. The molecule has 79 heavy (non-hydrogen) atoms. The lowest BCUT2D eigenvalue weighted by Crippen LogP contribution is -2.30. The van der Waals surface area contributed by atoms with E-state index < -0.39 is 6.10 Å². The summed E-state index contributed by atoms with van der Waals surface area (Å²) >= 11 is 0. The molecule has 0 aromatic heterocycles. The Morgan fingerprint density at radius 2 is 0.494 bits per heavy atom. The van der Waals surface area contributed by atoms with E-state index in [1.54, 1.807) is 0 Å². The molecular formula is C73H130O6. The molecule has 0 rings (SSSR count). The van der Waals surface area contributed by atoms with Crippen LogP contribution >= 0.6 is 0 Å². The highest BCUT2D eigenvalue weighted by atomic mass is 16.6. The molecule has 0 saturated carbocycles. The quantitative estimate of drug-likeness (QED) is 0.0261. The maximum atomic E-state index is 13.0. The van der Waals surface area contributed by atoms with Crippen LogP contribution in [0.25, 0.3) is 0 Å². The summed E-state index contributed by atoms with van der Waals surface area (Å²) in [5, 5.41) is 0.